The van der Waals surface area contributed by atoms with Crippen LogP contribution in [-0.4, -0.2) is 55.6 Å². The highest BCUT2D eigenvalue weighted by atomic mass is 15.3. The minimum absolute atomic E-state index is 0.789. The molecule has 3 heteroatoms. The molecule has 0 amide bonds. The van der Waals surface area contributed by atoms with Crippen LogP contribution in [0.1, 0.15) is 20.3 Å². The van der Waals surface area contributed by atoms with Crippen molar-refractivity contribution in [2.75, 3.05) is 51.1 Å². The Hall–Kier alpha value is -1.06. The van der Waals surface area contributed by atoms with E-state index in [9.17, 15) is 0 Å². The molecule has 1 heterocycles. The smallest absolute Gasteiger partial charge is 0.0340 e. The van der Waals surface area contributed by atoms with Gasteiger partial charge in [0.15, 0.2) is 0 Å². The zero-order chi connectivity index (χ0) is 14.2. The fraction of sp³-hybridized carbons (Fsp3) is 0.647. The minimum Gasteiger partial charge on any atom is -0.385 e. The zero-order valence-corrected chi connectivity index (χ0v) is 13.0. The number of nitrogens with zero attached hydrogens (tertiary/aromatic N) is 2. The minimum atomic E-state index is 0.789. The van der Waals surface area contributed by atoms with E-state index in [0.29, 0.717) is 0 Å². The maximum absolute atomic E-state index is 3.48. The Labute approximate surface area is 124 Å². The van der Waals surface area contributed by atoms with E-state index in [0.717, 1.165) is 12.5 Å². The lowest BCUT2D eigenvalue weighted by molar-refractivity contribution is 0.122. The van der Waals surface area contributed by atoms with Crippen LogP contribution in [0.25, 0.3) is 0 Å². The second-order valence-electron chi connectivity index (χ2n) is 6.18. The Kier molecular flexibility index (Phi) is 6.34. The molecule has 1 aromatic carbocycles. The van der Waals surface area contributed by atoms with Crippen molar-refractivity contribution in [3.8, 4) is 0 Å². The van der Waals surface area contributed by atoms with Crippen molar-refractivity contribution >= 4 is 5.69 Å². The number of hydrogen-bond donors (Lipinski definition) is 1. The summed E-state index contributed by atoms with van der Waals surface area (Å²) in [6.45, 7) is 13.1. The number of nitrogens with one attached hydrogen (secondary N) is 1. The molecular weight excluding hydrogens is 246 g/mol. The molecule has 0 spiro atoms. The summed E-state index contributed by atoms with van der Waals surface area (Å²) in [5.74, 6) is 0.789. The lowest BCUT2D eigenvalue weighted by Gasteiger charge is -2.35. The summed E-state index contributed by atoms with van der Waals surface area (Å²) < 4.78 is 0. The number of anilines is 1. The summed E-state index contributed by atoms with van der Waals surface area (Å²) in [5, 5.41) is 3.48. The fourth-order valence-corrected chi connectivity index (χ4v) is 2.80. The maximum atomic E-state index is 3.48. The summed E-state index contributed by atoms with van der Waals surface area (Å²) in [4.78, 5) is 5.20. The molecule has 1 saturated heterocycles. The molecular formula is C17H29N3. The summed E-state index contributed by atoms with van der Waals surface area (Å²) in [5.41, 5.74) is 1.23. The highest BCUT2D eigenvalue weighted by molar-refractivity contribution is 5.42. The van der Waals surface area contributed by atoms with Gasteiger partial charge in [-0.3, -0.25) is 0 Å². The second-order valence-corrected chi connectivity index (χ2v) is 6.18. The van der Waals surface area contributed by atoms with Gasteiger partial charge in [0, 0.05) is 45.0 Å². The van der Waals surface area contributed by atoms with Crippen molar-refractivity contribution in [3.05, 3.63) is 30.3 Å². The summed E-state index contributed by atoms with van der Waals surface area (Å²) in [7, 11) is 0. The summed E-state index contributed by atoms with van der Waals surface area (Å²) in [6, 6.07) is 10.5. The van der Waals surface area contributed by atoms with Gasteiger partial charge in [0.05, 0.1) is 0 Å². The van der Waals surface area contributed by atoms with E-state index in [1.807, 2.05) is 0 Å². The number of hydrogen-bond acceptors (Lipinski definition) is 3. The van der Waals surface area contributed by atoms with Crippen LogP contribution in [0, 0.1) is 5.92 Å². The first-order valence-corrected chi connectivity index (χ1v) is 7.97. The van der Waals surface area contributed by atoms with Crippen LogP contribution < -0.4 is 5.32 Å². The van der Waals surface area contributed by atoms with E-state index >= 15 is 0 Å². The molecule has 3 nitrogen and oxygen atoms in total. The molecule has 0 atom stereocenters. The quantitative estimate of drug-likeness (QED) is 0.772. The topological polar surface area (TPSA) is 18.5 Å². The molecule has 0 saturated carbocycles. The number of piperazine rings is 1. The predicted molar refractivity (Wildman–Crippen MR) is 87.3 cm³/mol. The number of para-hydroxylation sites is 1. The Balaban J connectivity index is 1.55. The molecule has 1 N–H and O–H groups in total. The highest BCUT2D eigenvalue weighted by Gasteiger charge is 2.16. The van der Waals surface area contributed by atoms with Gasteiger partial charge in [-0.25, -0.2) is 0 Å². The molecule has 20 heavy (non-hydrogen) atoms. The Morgan fingerprint density at radius 1 is 1.00 bits per heavy atom. The monoisotopic (exact) mass is 275 g/mol. The largest absolute Gasteiger partial charge is 0.385 e. The lowest BCUT2D eigenvalue weighted by atomic mass is 10.2. The molecule has 0 bridgehead atoms. The molecule has 0 aromatic heterocycles. The third kappa shape index (κ3) is 5.51. The normalized spacial score (nSPS) is 17.6. The van der Waals surface area contributed by atoms with Crippen LogP contribution in [-0.2, 0) is 0 Å². The third-order valence-electron chi connectivity index (χ3n) is 3.84. The van der Waals surface area contributed by atoms with Crippen molar-refractivity contribution in [2.45, 2.75) is 20.3 Å². The van der Waals surface area contributed by atoms with Crippen molar-refractivity contribution in [2.24, 2.45) is 5.92 Å². The van der Waals surface area contributed by atoms with Crippen molar-refractivity contribution in [1.82, 2.24) is 9.80 Å². The molecule has 1 aliphatic heterocycles. The van der Waals surface area contributed by atoms with Crippen LogP contribution in [0.5, 0.6) is 0 Å². The van der Waals surface area contributed by atoms with E-state index < -0.39 is 0 Å². The van der Waals surface area contributed by atoms with Crippen LogP contribution >= 0.6 is 0 Å². The molecule has 112 valence electrons. The van der Waals surface area contributed by atoms with E-state index in [1.165, 1.54) is 51.4 Å². The number of benzene rings is 1. The summed E-state index contributed by atoms with van der Waals surface area (Å²) in [6.07, 6.45) is 1.22. The Morgan fingerprint density at radius 3 is 2.30 bits per heavy atom. The highest BCUT2D eigenvalue weighted by Crippen LogP contribution is 2.07. The first-order chi connectivity index (χ1) is 9.74. The molecule has 1 aliphatic rings. The van der Waals surface area contributed by atoms with Gasteiger partial charge in [0.1, 0.15) is 0 Å². The van der Waals surface area contributed by atoms with Crippen molar-refractivity contribution in [3.63, 3.8) is 0 Å². The average Bonchev–Trinajstić information content (AvgIpc) is 2.46. The molecule has 0 aliphatic carbocycles. The van der Waals surface area contributed by atoms with Gasteiger partial charge in [0.25, 0.3) is 0 Å². The van der Waals surface area contributed by atoms with Crippen LogP contribution in [0.2, 0.25) is 0 Å². The van der Waals surface area contributed by atoms with Gasteiger partial charge >= 0.3 is 0 Å². The van der Waals surface area contributed by atoms with Crippen molar-refractivity contribution < 1.29 is 0 Å². The SMILES string of the molecule is CC(C)CN1CCN(CCCNc2ccccc2)CC1. The molecule has 0 unspecified atom stereocenters. The van der Waals surface area contributed by atoms with E-state index in [4.69, 9.17) is 0 Å². The first-order valence-electron chi connectivity index (χ1n) is 7.97. The standard InChI is InChI=1S/C17H29N3/c1-16(2)15-20-13-11-19(12-14-20)10-6-9-18-17-7-4-3-5-8-17/h3-5,7-8,16,18H,6,9-15H2,1-2H3. The van der Waals surface area contributed by atoms with Gasteiger partial charge in [-0.1, -0.05) is 32.0 Å². The fourth-order valence-electron chi connectivity index (χ4n) is 2.80. The van der Waals surface area contributed by atoms with Gasteiger partial charge in [0.2, 0.25) is 0 Å². The predicted octanol–water partition coefficient (Wildman–Crippen LogP) is 2.76. The van der Waals surface area contributed by atoms with Crippen LogP contribution in [0.15, 0.2) is 30.3 Å². The third-order valence-corrected chi connectivity index (χ3v) is 3.84. The lowest BCUT2D eigenvalue weighted by Crippen LogP contribution is -2.47. The average molecular weight is 275 g/mol. The maximum Gasteiger partial charge on any atom is 0.0340 e. The van der Waals surface area contributed by atoms with Gasteiger partial charge in [-0.05, 0) is 31.0 Å². The van der Waals surface area contributed by atoms with Crippen LogP contribution in [0.4, 0.5) is 5.69 Å². The van der Waals surface area contributed by atoms with Gasteiger partial charge in [-0.15, -0.1) is 0 Å². The van der Waals surface area contributed by atoms with E-state index in [-0.39, 0.29) is 0 Å². The molecule has 0 radical (unpaired) electrons. The second kappa shape index (κ2) is 8.28. The number of rotatable bonds is 7. The zero-order valence-electron chi connectivity index (χ0n) is 13.0. The van der Waals surface area contributed by atoms with E-state index in [2.05, 4.69) is 59.3 Å². The van der Waals surface area contributed by atoms with Crippen molar-refractivity contribution in [1.29, 1.82) is 0 Å². The molecule has 1 aromatic rings. The van der Waals surface area contributed by atoms with E-state index in [1.54, 1.807) is 0 Å². The Bertz CT molecular complexity index is 356. The van der Waals surface area contributed by atoms with Gasteiger partial charge in [-0.2, -0.15) is 0 Å². The summed E-state index contributed by atoms with van der Waals surface area (Å²) >= 11 is 0. The Morgan fingerprint density at radius 2 is 1.65 bits per heavy atom. The first kappa shape index (κ1) is 15.3. The molecule has 2 rings (SSSR count). The molecule has 1 fully saturated rings. The van der Waals surface area contributed by atoms with Crippen LogP contribution in [0.3, 0.4) is 0 Å². The van der Waals surface area contributed by atoms with Gasteiger partial charge < -0.3 is 15.1 Å².